The maximum absolute atomic E-state index is 13.3. The van der Waals surface area contributed by atoms with Crippen LogP contribution in [0, 0.1) is 26.7 Å². The van der Waals surface area contributed by atoms with Gasteiger partial charge in [0.1, 0.15) is 5.54 Å². The van der Waals surface area contributed by atoms with Crippen LogP contribution < -0.4 is 5.32 Å². The first-order valence-electron chi connectivity index (χ1n) is 11.7. The van der Waals surface area contributed by atoms with Crippen LogP contribution in [0.25, 0.3) is 0 Å². The highest BCUT2D eigenvalue weighted by Gasteiger charge is 2.44. The molecule has 2 aliphatic rings. The van der Waals surface area contributed by atoms with Crippen molar-refractivity contribution in [3.8, 4) is 0 Å². The van der Waals surface area contributed by atoms with Gasteiger partial charge in [-0.3, -0.25) is 4.79 Å². The first-order chi connectivity index (χ1) is 15.1. The third-order valence-corrected chi connectivity index (χ3v) is 8.97. The van der Waals surface area contributed by atoms with Gasteiger partial charge < -0.3 is 10.1 Å². The van der Waals surface area contributed by atoms with Crippen LogP contribution in [0.1, 0.15) is 68.6 Å². The molecule has 32 heavy (non-hydrogen) atoms. The van der Waals surface area contributed by atoms with Crippen molar-refractivity contribution in [2.24, 2.45) is 5.92 Å². The molecule has 0 bridgehead atoms. The van der Waals surface area contributed by atoms with E-state index in [9.17, 15) is 18.0 Å². The highest BCUT2D eigenvalue weighted by atomic mass is 32.2. The van der Waals surface area contributed by atoms with Gasteiger partial charge in [-0.15, -0.1) is 0 Å². The van der Waals surface area contributed by atoms with Gasteiger partial charge in [0.05, 0.1) is 11.5 Å². The van der Waals surface area contributed by atoms with Gasteiger partial charge in [-0.05, 0) is 64.5 Å². The molecule has 8 heteroatoms. The van der Waals surface area contributed by atoms with Crippen molar-refractivity contribution in [2.45, 2.75) is 83.1 Å². The van der Waals surface area contributed by atoms with E-state index in [1.807, 2.05) is 32.9 Å². The maximum Gasteiger partial charge on any atom is 0.331 e. The molecule has 1 heterocycles. The van der Waals surface area contributed by atoms with Gasteiger partial charge in [0.25, 0.3) is 0 Å². The van der Waals surface area contributed by atoms with E-state index in [2.05, 4.69) is 5.32 Å². The molecular weight excluding hydrogens is 428 g/mol. The molecule has 1 aliphatic carbocycles. The average molecular weight is 465 g/mol. The Morgan fingerprint density at radius 2 is 1.62 bits per heavy atom. The lowest BCUT2D eigenvalue weighted by molar-refractivity contribution is -0.155. The molecule has 1 aromatic rings. The number of carbonyl (C=O) groups is 2. The van der Waals surface area contributed by atoms with E-state index in [-0.39, 0.29) is 24.4 Å². The van der Waals surface area contributed by atoms with Crippen molar-refractivity contribution in [1.82, 2.24) is 9.62 Å². The van der Waals surface area contributed by atoms with E-state index in [1.165, 1.54) is 4.31 Å². The number of sulfonamides is 1. The summed E-state index contributed by atoms with van der Waals surface area (Å²) >= 11 is 0. The number of nitrogens with zero attached hydrogens (tertiary/aromatic N) is 1. The predicted octanol–water partition coefficient (Wildman–Crippen LogP) is 3.39. The fourth-order valence-corrected chi connectivity index (χ4v) is 7.09. The van der Waals surface area contributed by atoms with Gasteiger partial charge in [0.15, 0.2) is 0 Å². The molecule has 178 valence electrons. The van der Waals surface area contributed by atoms with Crippen molar-refractivity contribution in [1.29, 1.82) is 0 Å². The second-order valence-electron chi connectivity index (χ2n) is 9.26. The maximum atomic E-state index is 13.3. The molecule has 1 N–H and O–H groups in total. The van der Waals surface area contributed by atoms with E-state index in [0.29, 0.717) is 43.7 Å². The largest absolute Gasteiger partial charge is 0.464 e. The zero-order valence-electron chi connectivity index (χ0n) is 19.7. The summed E-state index contributed by atoms with van der Waals surface area (Å²) in [6.07, 6.45) is 4.87. The molecule has 7 nitrogen and oxygen atoms in total. The molecule has 0 radical (unpaired) electrons. The lowest BCUT2D eigenvalue weighted by Gasteiger charge is -2.38. The van der Waals surface area contributed by atoms with Crippen LogP contribution in [0.2, 0.25) is 0 Å². The minimum absolute atomic E-state index is 0.167. The van der Waals surface area contributed by atoms with Crippen molar-refractivity contribution >= 4 is 21.9 Å². The van der Waals surface area contributed by atoms with Crippen LogP contribution in [0.15, 0.2) is 17.0 Å². The Balaban J connectivity index is 1.68. The van der Waals surface area contributed by atoms with Gasteiger partial charge in [-0.25, -0.2) is 13.2 Å². The van der Waals surface area contributed by atoms with E-state index < -0.39 is 15.6 Å². The zero-order chi connectivity index (χ0) is 23.5. The van der Waals surface area contributed by atoms with Crippen LogP contribution in [-0.4, -0.2) is 49.8 Å². The number of aryl methyl sites for hydroxylation is 3. The summed E-state index contributed by atoms with van der Waals surface area (Å²) in [5.41, 5.74) is 1.59. The third kappa shape index (κ3) is 5.01. The molecule has 1 amide bonds. The monoisotopic (exact) mass is 464 g/mol. The molecule has 0 spiro atoms. The Labute approximate surface area is 191 Å². The van der Waals surface area contributed by atoms with Gasteiger partial charge in [-0.1, -0.05) is 37.0 Å². The highest BCUT2D eigenvalue weighted by Crippen LogP contribution is 2.32. The summed E-state index contributed by atoms with van der Waals surface area (Å²) < 4.78 is 33.4. The number of nitrogens with one attached hydrogen (secondary N) is 1. The zero-order valence-corrected chi connectivity index (χ0v) is 20.5. The quantitative estimate of drug-likeness (QED) is 0.652. The van der Waals surface area contributed by atoms with Crippen molar-refractivity contribution in [3.05, 3.63) is 28.8 Å². The Morgan fingerprint density at radius 3 is 2.16 bits per heavy atom. The lowest BCUT2D eigenvalue weighted by Crippen LogP contribution is -2.58. The fraction of sp³-hybridized carbons (Fsp3) is 0.667. The van der Waals surface area contributed by atoms with Crippen LogP contribution >= 0.6 is 0 Å². The number of hydrogen-bond acceptors (Lipinski definition) is 5. The average Bonchev–Trinajstić information content (AvgIpc) is 2.73. The van der Waals surface area contributed by atoms with Crippen molar-refractivity contribution < 1.29 is 22.7 Å². The van der Waals surface area contributed by atoms with Gasteiger partial charge >= 0.3 is 5.97 Å². The molecule has 1 saturated carbocycles. The molecule has 3 rings (SSSR count). The second-order valence-corrected chi connectivity index (χ2v) is 11.1. The highest BCUT2D eigenvalue weighted by molar-refractivity contribution is 7.89. The molecule has 0 atom stereocenters. The Hall–Kier alpha value is -1.93. The summed E-state index contributed by atoms with van der Waals surface area (Å²) in [5.74, 6) is -0.826. The predicted molar refractivity (Wildman–Crippen MR) is 123 cm³/mol. The summed E-state index contributed by atoms with van der Waals surface area (Å²) in [6.45, 7) is 8.24. The fourth-order valence-electron chi connectivity index (χ4n) is 5.20. The standard InChI is InChI=1S/C24H36N2O5S/c1-5-31-23(28)24(11-7-6-8-12-24)25-22(27)20-9-13-26(14-10-20)32(29,30)21-18(3)15-17(2)16-19(21)4/h15-16,20H,5-14H2,1-4H3,(H,25,27). The molecule has 0 aromatic heterocycles. The Bertz CT molecular complexity index is 936. The Morgan fingerprint density at radius 1 is 1.06 bits per heavy atom. The normalized spacial score (nSPS) is 20.0. The van der Waals surface area contributed by atoms with Gasteiger partial charge in [-0.2, -0.15) is 4.31 Å². The Kier molecular flexibility index (Phi) is 7.65. The minimum atomic E-state index is -3.62. The summed E-state index contributed by atoms with van der Waals surface area (Å²) in [4.78, 5) is 26.1. The van der Waals surface area contributed by atoms with E-state index in [1.54, 1.807) is 6.92 Å². The topological polar surface area (TPSA) is 92.8 Å². The van der Waals surface area contributed by atoms with Crippen molar-refractivity contribution in [2.75, 3.05) is 19.7 Å². The number of piperidine rings is 1. The molecule has 1 saturated heterocycles. The van der Waals surface area contributed by atoms with Gasteiger partial charge in [0, 0.05) is 19.0 Å². The number of benzene rings is 1. The number of rotatable bonds is 6. The SMILES string of the molecule is CCOC(=O)C1(NC(=O)C2CCN(S(=O)(=O)c3c(C)cc(C)cc3C)CC2)CCCCC1. The number of esters is 1. The smallest absolute Gasteiger partial charge is 0.331 e. The summed E-state index contributed by atoms with van der Waals surface area (Å²) in [6, 6.07) is 3.78. The van der Waals surface area contributed by atoms with E-state index in [4.69, 9.17) is 4.74 Å². The van der Waals surface area contributed by atoms with Crippen LogP contribution in [0.3, 0.4) is 0 Å². The summed E-state index contributed by atoms with van der Waals surface area (Å²) in [5, 5.41) is 3.01. The first-order valence-corrected chi connectivity index (χ1v) is 13.1. The van der Waals surface area contributed by atoms with Crippen LogP contribution in [-0.2, 0) is 24.3 Å². The van der Waals surface area contributed by atoms with E-state index in [0.717, 1.165) is 36.0 Å². The molecular formula is C24H36N2O5S. The molecule has 2 fully saturated rings. The number of hydrogen-bond donors (Lipinski definition) is 1. The number of amides is 1. The van der Waals surface area contributed by atoms with Crippen molar-refractivity contribution in [3.63, 3.8) is 0 Å². The molecule has 1 aliphatic heterocycles. The minimum Gasteiger partial charge on any atom is -0.464 e. The van der Waals surface area contributed by atoms with Gasteiger partial charge in [0.2, 0.25) is 15.9 Å². The number of ether oxygens (including phenoxy) is 1. The second kappa shape index (κ2) is 9.91. The number of carbonyl (C=O) groups excluding carboxylic acids is 2. The van der Waals surface area contributed by atoms with E-state index >= 15 is 0 Å². The van der Waals surface area contributed by atoms with Crippen LogP contribution in [0.4, 0.5) is 0 Å². The first kappa shape index (κ1) is 24.7. The third-order valence-electron chi connectivity index (χ3n) is 6.76. The molecule has 1 aromatic carbocycles. The van der Waals surface area contributed by atoms with Crippen LogP contribution in [0.5, 0.6) is 0 Å². The lowest BCUT2D eigenvalue weighted by atomic mass is 9.81. The summed E-state index contributed by atoms with van der Waals surface area (Å²) in [7, 11) is -3.62. The molecule has 0 unspecified atom stereocenters.